The highest BCUT2D eigenvalue weighted by atomic mass is 16.1. The van der Waals surface area contributed by atoms with Gasteiger partial charge in [-0.1, -0.05) is 42.5 Å². The van der Waals surface area contributed by atoms with Gasteiger partial charge in [0.05, 0.1) is 6.54 Å². The molecule has 6 heteroatoms. The molecule has 1 heterocycles. The maximum atomic E-state index is 11.9. The molecule has 0 aromatic heterocycles. The van der Waals surface area contributed by atoms with Crippen LogP contribution >= 0.6 is 0 Å². The Morgan fingerprint density at radius 2 is 1.72 bits per heavy atom. The Kier molecular flexibility index (Phi) is 9.11. The second-order valence-corrected chi connectivity index (χ2v) is 8.42. The van der Waals surface area contributed by atoms with E-state index in [0.717, 1.165) is 44.0 Å². The van der Waals surface area contributed by atoms with E-state index in [9.17, 15) is 4.79 Å². The standard InChI is InChI=1S/C26H37N5O/c1-4-27-25(32)23-13-11-21(12-14-23)18-29-26(28-5-2)30-24-15-16-31(20(3)17-24)19-22-9-7-6-8-10-22/h6-14,20,24H,4-5,15-19H2,1-3H3,(H,27,32)(H2,28,29,30). The predicted molar refractivity (Wildman–Crippen MR) is 132 cm³/mol. The summed E-state index contributed by atoms with van der Waals surface area (Å²) in [5, 5.41) is 9.83. The van der Waals surface area contributed by atoms with Crippen molar-refractivity contribution in [2.75, 3.05) is 19.6 Å². The zero-order valence-electron chi connectivity index (χ0n) is 19.6. The molecule has 1 amide bonds. The summed E-state index contributed by atoms with van der Waals surface area (Å²) in [6, 6.07) is 19.3. The number of rotatable bonds is 8. The summed E-state index contributed by atoms with van der Waals surface area (Å²) in [4.78, 5) is 19.3. The third-order valence-electron chi connectivity index (χ3n) is 5.90. The van der Waals surface area contributed by atoms with Crippen LogP contribution in [0.1, 0.15) is 55.1 Å². The molecule has 3 rings (SSSR count). The molecule has 2 aromatic carbocycles. The van der Waals surface area contributed by atoms with Crippen molar-refractivity contribution in [1.82, 2.24) is 20.9 Å². The highest BCUT2D eigenvalue weighted by Crippen LogP contribution is 2.20. The first kappa shape index (κ1) is 23.8. The van der Waals surface area contributed by atoms with Gasteiger partial charge in [-0.25, -0.2) is 4.99 Å². The van der Waals surface area contributed by atoms with Crippen molar-refractivity contribution in [2.45, 2.75) is 58.8 Å². The maximum Gasteiger partial charge on any atom is 0.251 e. The van der Waals surface area contributed by atoms with Crippen LogP contribution in [0.15, 0.2) is 59.6 Å². The van der Waals surface area contributed by atoms with Crippen LogP contribution < -0.4 is 16.0 Å². The number of piperidine rings is 1. The number of likely N-dealkylation sites (tertiary alicyclic amines) is 1. The van der Waals surface area contributed by atoms with E-state index in [1.807, 2.05) is 31.2 Å². The number of carbonyl (C=O) groups excluding carboxylic acids is 1. The van der Waals surface area contributed by atoms with Crippen LogP contribution in [0.2, 0.25) is 0 Å². The smallest absolute Gasteiger partial charge is 0.251 e. The first-order chi connectivity index (χ1) is 15.6. The van der Waals surface area contributed by atoms with Crippen molar-refractivity contribution >= 4 is 11.9 Å². The van der Waals surface area contributed by atoms with Crippen LogP contribution in [0.25, 0.3) is 0 Å². The fourth-order valence-electron chi connectivity index (χ4n) is 4.11. The first-order valence-corrected chi connectivity index (χ1v) is 11.8. The molecule has 0 aliphatic carbocycles. The quantitative estimate of drug-likeness (QED) is 0.438. The van der Waals surface area contributed by atoms with Gasteiger partial charge in [0.2, 0.25) is 0 Å². The Balaban J connectivity index is 1.53. The number of carbonyl (C=O) groups is 1. The number of aliphatic imine (C=N–C) groups is 1. The molecule has 1 fully saturated rings. The molecule has 0 saturated carbocycles. The summed E-state index contributed by atoms with van der Waals surface area (Å²) in [6.07, 6.45) is 2.20. The van der Waals surface area contributed by atoms with E-state index < -0.39 is 0 Å². The Morgan fingerprint density at radius 3 is 2.38 bits per heavy atom. The Labute approximate surface area is 192 Å². The van der Waals surface area contributed by atoms with Gasteiger partial charge in [0.1, 0.15) is 0 Å². The van der Waals surface area contributed by atoms with Crippen LogP contribution in [-0.2, 0) is 13.1 Å². The van der Waals surface area contributed by atoms with Gasteiger partial charge in [-0.2, -0.15) is 0 Å². The summed E-state index contributed by atoms with van der Waals surface area (Å²) in [7, 11) is 0. The third kappa shape index (κ3) is 7.09. The van der Waals surface area contributed by atoms with Crippen molar-refractivity contribution in [3.63, 3.8) is 0 Å². The summed E-state index contributed by atoms with van der Waals surface area (Å²) in [5.41, 5.74) is 3.14. The van der Waals surface area contributed by atoms with Crippen molar-refractivity contribution < 1.29 is 4.79 Å². The summed E-state index contributed by atoms with van der Waals surface area (Å²) in [5.74, 6) is 0.819. The van der Waals surface area contributed by atoms with E-state index in [2.05, 4.69) is 65.0 Å². The minimum Gasteiger partial charge on any atom is -0.357 e. The third-order valence-corrected chi connectivity index (χ3v) is 5.90. The van der Waals surface area contributed by atoms with E-state index in [1.165, 1.54) is 5.56 Å². The monoisotopic (exact) mass is 435 g/mol. The normalized spacial score (nSPS) is 19.4. The molecule has 0 radical (unpaired) electrons. The fraction of sp³-hybridized carbons (Fsp3) is 0.462. The minimum absolute atomic E-state index is 0.0368. The average Bonchev–Trinajstić information content (AvgIpc) is 2.80. The first-order valence-electron chi connectivity index (χ1n) is 11.8. The van der Waals surface area contributed by atoms with E-state index in [1.54, 1.807) is 0 Å². The van der Waals surface area contributed by atoms with Crippen molar-refractivity contribution in [1.29, 1.82) is 0 Å². The van der Waals surface area contributed by atoms with Gasteiger partial charge in [0.25, 0.3) is 5.91 Å². The molecule has 2 atom stereocenters. The lowest BCUT2D eigenvalue weighted by Crippen LogP contribution is -2.51. The zero-order chi connectivity index (χ0) is 22.8. The summed E-state index contributed by atoms with van der Waals surface area (Å²) in [6.45, 7) is 10.4. The molecule has 1 aliphatic heterocycles. The fourth-order valence-corrected chi connectivity index (χ4v) is 4.11. The van der Waals surface area contributed by atoms with Gasteiger partial charge in [-0.3, -0.25) is 9.69 Å². The maximum absolute atomic E-state index is 11.9. The van der Waals surface area contributed by atoms with Crippen LogP contribution in [-0.4, -0.2) is 48.5 Å². The van der Waals surface area contributed by atoms with Gasteiger partial charge in [-0.05, 0) is 56.9 Å². The van der Waals surface area contributed by atoms with E-state index in [-0.39, 0.29) is 5.91 Å². The lowest BCUT2D eigenvalue weighted by atomic mass is 9.97. The molecule has 2 aromatic rings. The molecule has 1 saturated heterocycles. The van der Waals surface area contributed by atoms with Crippen LogP contribution in [0.3, 0.4) is 0 Å². The molecule has 32 heavy (non-hydrogen) atoms. The van der Waals surface area contributed by atoms with Crippen LogP contribution in [0, 0.1) is 0 Å². The lowest BCUT2D eigenvalue weighted by molar-refractivity contribution is 0.0956. The van der Waals surface area contributed by atoms with E-state index in [0.29, 0.717) is 30.7 Å². The van der Waals surface area contributed by atoms with Gasteiger partial charge in [0, 0.05) is 43.8 Å². The molecule has 0 spiro atoms. The van der Waals surface area contributed by atoms with E-state index >= 15 is 0 Å². The second-order valence-electron chi connectivity index (χ2n) is 8.42. The second kappa shape index (κ2) is 12.2. The average molecular weight is 436 g/mol. The molecule has 2 unspecified atom stereocenters. The Bertz CT molecular complexity index is 866. The van der Waals surface area contributed by atoms with Gasteiger partial charge >= 0.3 is 0 Å². The van der Waals surface area contributed by atoms with Crippen LogP contribution in [0.5, 0.6) is 0 Å². The number of hydrogen-bond donors (Lipinski definition) is 3. The molecular formula is C26H37N5O. The van der Waals surface area contributed by atoms with Crippen molar-refractivity contribution in [3.8, 4) is 0 Å². The summed E-state index contributed by atoms with van der Waals surface area (Å²) >= 11 is 0. The SMILES string of the molecule is CCNC(=O)c1ccc(CN=C(NCC)NC2CCN(Cc3ccccc3)C(C)C2)cc1. The largest absolute Gasteiger partial charge is 0.357 e. The number of nitrogens with zero attached hydrogens (tertiary/aromatic N) is 2. The number of guanidine groups is 1. The van der Waals surface area contributed by atoms with Crippen molar-refractivity contribution in [3.05, 3.63) is 71.3 Å². The molecule has 3 N–H and O–H groups in total. The highest BCUT2D eigenvalue weighted by molar-refractivity contribution is 5.94. The van der Waals surface area contributed by atoms with Crippen molar-refractivity contribution in [2.24, 2.45) is 4.99 Å². The number of nitrogens with one attached hydrogen (secondary N) is 3. The van der Waals surface area contributed by atoms with Crippen LogP contribution in [0.4, 0.5) is 0 Å². The molecule has 0 bridgehead atoms. The molecule has 6 nitrogen and oxygen atoms in total. The molecule has 172 valence electrons. The Morgan fingerprint density at radius 1 is 1.00 bits per heavy atom. The zero-order valence-corrected chi connectivity index (χ0v) is 19.6. The predicted octanol–water partition coefficient (Wildman–Crippen LogP) is 3.54. The van der Waals surface area contributed by atoms with Gasteiger partial charge < -0.3 is 16.0 Å². The lowest BCUT2D eigenvalue weighted by Gasteiger charge is -2.38. The van der Waals surface area contributed by atoms with Gasteiger partial charge in [0.15, 0.2) is 5.96 Å². The Hall–Kier alpha value is -2.86. The number of amides is 1. The topological polar surface area (TPSA) is 68.8 Å². The highest BCUT2D eigenvalue weighted by Gasteiger charge is 2.25. The minimum atomic E-state index is -0.0368. The summed E-state index contributed by atoms with van der Waals surface area (Å²) < 4.78 is 0. The number of benzene rings is 2. The number of hydrogen-bond acceptors (Lipinski definition) is 3. The molecular weight excluding hydrogens is 398 g/mol. The van der Waals surface area contributed by atoms with Gasteiger partial charge in [-0.15, -0.1) is 0 Å². The molecule has 1 aliphatic rings. The van der Waals surface area contributed by atoms with E-state index in [4.69, 9.17) is 4.99 Å².